The van der Waals surface area contributed by atoms with Crippen molar-refractivity contribution in [1.82, 2.24) is 0 Å². The number of unbranched alkanes of at least 4 members (excludes halogenated alkanes) is 6. The van der Waals surface area contributed by atoms with E-state index in [9.17, 15) is 0 Å². The van der Waals surface area contributed by atoms with Crippen LogP contribution in [0.2, 0.25) is 0 Å². The minimum absolute atomic E-state index is 0.887. The maximum Gasteiger partial charge on any atom is 0.0858 e. The summed E-state index contributed by atoms with van der Waals surface area (Å²) >= 11 is 2.30. The van der Waals surface area contributed by atoms with Crippen molar-refractivity contribution in [3.8, 4) is 0 Å². The van der Waals surface area contributed by atoms with Gasteiger partial charge >= 0.3 is 0 Å². The van der Waals surface area contributed by atoms with E-state index in [0.717, 1.165) is 24.5 Å². The molecule has 2 rings (SSSR count). The highest BCUT2D eigenvalue weighted by Gasteiger charge is 2.06. The van der Waals surface area contributed by atoms with Gasteiger partial charge in [-0.1, -0.05) is 52.4 Å². The summed E-state index contributed by atoms with van der Waals surface area (Å²) in [5, 5.41) is 8.72. The summed E-state index contributed by atoms with van der Waals surface area (Å²) in [7, 11) is 0. The fraction of sp³-hybridized carbons (Fsp3) is 0.500. The molecule has 0 aliphatic carbocycles. The molecule has 0 heterocycles. The van der Waals surface area contributed by atoms with E-state index in [1.807, 2.05) is 24.3 Å². The van der Waals surface area contributed by atoms with Crippen LogP contribution in [-0.2, 0) is 0 Å². The Bertz CT molecular complexity index is 668. The standard InChI is InChI=1S/C24H34IN3/c1-3-5-7-9-19-28(20-10-8-6-4-2)24-17-15-23(16-18-24)27-26-22-13-11-21(25)12-14-22/h11-18H,3-10,19-20H2,1-2H3. The lowest BCUT2D eigenvalue weighted by molar-refractivity contribution is 0.609. The van der Waals surface area contributed by atoms with E-state index < -0.39 is 0 Å². The Balaban J connectivity index is 1.96. The maximum atomic E-state index is 4.38. The smallest absolute Gasteiger partial charge is 0.0858 e. The zero-order valence-electron chi connectivity index (χ0n) is 17.4. The summed E-state index contributed by atoms with van der Waals surface area (Å²) in [5.74, 6) is 0. The van der Waals surface area contributed by atoms with Crippen molar-refractivity contribution >= 4 is 39.7 Å². The molecule has 0 aromatic heterocycles. The first-order valence-electron chi connectivity index (χ1n) is 10.7. The molecule has 28 heavy (non-hydrogen) atoms. The lowest BCUT2D eigenvalue weighted by Gasteiger charge is -2.25. The number of hydrogen-bond donors (Lipinski definition) is 0. The molecule has 0 saturated heterocycles. The third-order valence-corrected chi connectivity index (χ3v) is 5.60. The van der Waals surface area contributed by atoms with E-state index in [1.165, 1.54) is 60.6 Å². The summed E-state index contributed by atoms with van der Waals surface area (Å²) in [6, 6.07) is 16.6. The van der Waals surface area contributed by atoms with Crippen molar-refractivity contribution in [2.45, 2.75) is 65.2 Å². The van der Waals surface area contributed by atoms with Gasteiger partial charge in [0.1, 0.15) is 0 Å². The Morgan fingerprint density at radius 1 is 0.643 bits per heavy atom. The second kappa shape index (κ2) is 13.7. The topological polar surface area (TPSA) is 28.0 Å². The first-order chi connectivity index (χ1) is 13.7. The molecule has 2 aromatic rings. The van der Waals surface area contributed by atoms with Gasteiger partial charge in [0.2, 0.25) is 0 Å². The van der Waals surface area contributed by atoms with E-state index in [-0.39, 0.29) is 0 Å². The summed E-state index contributed by atoms with van der Waals surface area (Å²) in [6.45, 7) is 6.84. The molecule has 0 unspecified atom stereocenters. The van der Waals surface area contributed by atoms with E-state index in [1.54, 1.807) is 0 Å². The summed E-state index contributed by atoms with van der Waals surface area (Å²) < 4.78 is 1.21. The molecule has 0 bridgehead atoms. The van der Waals surface area contributed by atoms with Gasteiger partial charge in [0.05, 0.1) is 11.4 Å². The van der Waals surface area contributed by atoms with Gasteiger partial charge in [-0.2, -0.15) is 10.2 Å². The summed E-state index contributed by atoms with van der Waals surface area (Å²) in [5.41, 5.74) is 3.10. The third kappa shape index (κ3) is 8.72. The highest BCUT2D eigenvalue weighted by molar-refractivity contribution is 14.1. The van der Waals surface area contributed by atoms with Crippen molar-refractivity contribution < 1.29 is 0 Å². The van der Waals surface area contributed by atoms with Crippen LogP contribution >= 0.6 is 22.6 Å². The number of azo groups is 1. The van der Waals surface area contributed by atoms with Crippen molar-refractivity contribution in [3.05, 3.63) is 52.1 Å². The highest BCUT2D eigenvalue weighted by Crippen LogP contribution is 2.23. The normalized spacial score (nSPS) is 11.2. The van der Waals surface area contributed by atoms with Crippen LogP contribution in [0.25, 0.3) is 0 Å². The van der Waals surface area contributed by atoms with Crippen LogP contribution in [-0.4, -0.2) is 13.1 Å². The van der Waals surface area contributed by atoms with Crippen LogP contribution in [0, 0.1) is 3.57 Å². The monoisotopic (exact) mass is 491 g/mol. The van der Waals surface area contributed by atoms with Crippen molar-refractivity contribution in [2.24, 2.45) is 10.2 Å². The zero-order chi connectivity index (χ0) is 20.0. The molecular formula is C24H34IN3. The van der Waals surface area contributed by atoms with Crippen LogP contribution in [0.1, 0.15) is 65.2 Å². The fourth-order valence-corrected chi connectivity index (χ4v) is 3.54. The quantitative estimate of drug-likeness (QED) is 0.157. The minimum atomic E-state index is 0.887. The molecule has 0 saturated carbocycles. The van der Waals surface area contributed by atoms with Gasteiger partial charge in [-0.05, 0) is 84.0 Å². The number of rotatable bonds is 13. The molecule has 0 atom stereocenters. The molecule has 0 fully saturated rings. The molecule has 0 aliphatic heterocycles. The minimum Gasteiger partial charge on any atom is -0.372 e. The van der Waals surface area contributed by atoms with Gasteiger partial charge in [0, 0.05) is 22.3 Å². The Hall–Kier alpha value is -1.43. The number of nitrogens with zero attached hydrogens (tertiary/aromatic N) is 3. The third-order valence-electron chi connectivity index (χ3n) is 4.89. The van der Waals surface area contributed by atoms with Crippen LogP contribution in [0.3, 0.4) is 0 Å². The van der Waals surface area contributed by atoms with Gasteiger partial charge in [-0.3, -0.25) is 0 Å². The number of anilines is 1. The molecular weight excluding hydrogens is 457 g/mol. The lowest BCUT2D eigenvalue weighted by Crippen LogP contribution is -2.25. The van der Waals surface area contributed by atoms with Crippen molar-refractivity contribution in [3.63, 3.8) is 0 Å². The molecule has 0 radical (unpaired) electrons. The molecule has 0 aliphatic rings. The number of halogens is 1. The predicted molar refractivity (Wildman–Crippen MR) is 130 cm³/mol. The Morgan fingerprint density at radius 2 is 1.11 bits per heavy atom. The zero-order valence-corrected chi connectivity index (χ0v) is 19.6. The second-order valence-corrected chi connectivity index (χ2v) is 8.55. The molecule has 0 N–H and O–H groups in total. The fourth-order valence-electron chi connectivity index (χ4n) is 3.18. The average Bonchev–Trinajstić information content (AvgIpc) is 2.73. The predicted octanol–water partition coefficient (Wildman–Crippen LogP) is 8.67. The summed E-state index contributed by atoms with van der Waals surface area (Å²) in [6.07, 6.45) is 10.4. The van der Waals surface area contributed by atoms with Crippen molar-refractivity contribution in [2.75, 3.05) is 18.0 Å². The molecule has 0 spiro atoms. The Morgan fingerprint density at radius 3 is 1.57 bits per heavy atom. The number of hydrogen-bond acceptors (Lipinski definition) is 3. The van der Waals surface area contributed by atoms with Gasteiger partial charge in [-0.25, -0.2) is 0 Å². The van der Waals surface area contributed by atoms with Gasteiger partial charge in [0.15, 0.2) is 0 Å². The average molecular weight is 491 g/mol. The molecule has 4 heteroatoms. The van der Waals surface area contributed by atoms with Gasteiger partial charge < -0.3 is 4.90 Å². The molecule has 3 nitrogen and oxygen atoms in total. The van der Waals surface area contributed by atoms with E-state index in [0.29, 0.717) is 0 Å². The first kappa shape index (κ1) is 22.9. The largest absolute Gasteiger partial charge is 0.372 e. The molecule has 152 valence electrons. The van der Waals surface area contributed by atoms with Gasteiger partial charge in [0.25, 0.3) is 0 Å². The van der Waals surface area contributed by atoms with Crippen LogP contribution in [0.5, 0.6) is 0 Å². The summed E-state index contributed by atoms with van der Waals surface area (Å²) in [4.78, 5) is 2.55. The first-order valence-corrected chi connectivity index (χ1v) is 11.8. The van der Waals surface area contributed by atoms with Crippen LogP contribution in [0.15, 0.2) is 58.8 Å². The Labute approximate surface area is 184 Å². The Kier molecular flexibility index (Phi) is 11.2. The van der Waals surface area contributed by atoms with E-state index in [2.05, 4.69) is 75.8 Å². The van der Waals surface area contributed by atoms with Crippen LogP contribution in [0.4, 0.5) is 17.1 Å². The van der Waals surface area contributed by atoms with Crippen LogP contribution < -0.4 is 4.90 Å². The van der Waals surface area contributed by atoms with Crippen molar-refractivity contribution in [1.29, 1.82) is 0 Å². The lowest BCUT2D eigenvalue weighted by atomic mass is 10.1. The molecule has 2 aromatic carbocycles. The number of benzene rings is 2. The van der Waals surface area contributed by atoms with E-state index >= 15 is 0 Å². The highest BCUT2D eigenvalue weighted by atomic mass is 127. The molecule has 0 amide bonds. The SMILES string of the molecule is CCCCCCN(CCCCCC)c1ccc(N=Nc2ccc(I)cc2)cc1. The van der Waals surface area contributed by atoms with Gasteiger partial charge in [-0.15, -0.1) is 0 Å². The van der Waals surface area contributed by atoms with E-state index in [4.69, 9.17) is 0 Å². The second-order valence-electron chi connectivity index (χ2n) is 7.30. The maximum absolute atomic E-state index is 4.38.